The molecular formula is C28H44N8. The first-order chi connectivity index (χ1) is 17.5. The maximum Gasteiger partial charge on any atom is 0.150 e. The van der Waals surface area contributed by atoms with Crippen molar-refractivity contribution in [3.05, 3.63) is 48.5 Å². The third-order valence-corrected chi connectivity index (χ3v) is 6.76. The molecule has 1 fully saturated rings. The lowest BCUT2D eigenvalue weighted by Crippen LogP contribution is -2.29. The van der Waals surface area contributed by atoms with Crippen molar-refractivity contribution in [3.8, 4) is 11.4 Å². The molecule has 3 aromatic heterocycles. The van der Waals surface area contributed by atoms with E-state index in [9.17, 15) is 0 Å². The summed E-state index contributed by atoms with van der Waals surface area (Å²) in [5.41, 5.74) is 10.1. The average molecular weight is 493 g/mol. The van der Waals surface area contributed by atoms with Gasteiger partial charge in [0.15, 0.2) is 0 Å². The zero-order valence-corrected chi connectivity index (χ0v) is 22.9. The van der Waals surface area contributed by atoms with Gasteiger partial charge in [0.05, 0.1) is 5.69 Å². The van der Waals surface area contributed by atoms with Crippen molar-refractivity contribution in [3.63, 3.8) is 0 Å². The normalized spacial score (nSPS) is 14.5. The number of fused-ring (bicyclic) bond motifs is 2. The van der Waals surface area contributed by atoms with Gasteiger partial charge in [0.25, 0.3) is 0 Å². The number of aromatic nitrogens is 4. The molecule has 0 atom stereocenters. The van der Waals surface area contributed by atoms with E-state index in [1.165, 1.54) is 5.39 Å². The minimum Gasteiger partial charge on any atom is -0.382 e. The van der Waals surface area contributed by atoms with Crippen LogP contribution < -0.4 is 11.1 Å². The van der Waals surface area contributed by atoms with Crippen molar-refractivity contribution in [2.75, 3.05) is 59.6 Å². The molecule has 0 aliphatic carbocycles. The molecule has 0 radical (unpaired) electrons. The standard InChI is InChI=1S/C20H22N6.C6H16N2.C2H6/c1-25-9-6-13(7-10-25)20-24-17(18-19(21)22-8-11-26(18)20)16-12-14-4-2-3-5-15(14)23-16;1-4-8(3)6-5-7-2;1-2/h2-5,8,11-13,23H,6-7,9-10H2,1H3,(H2,21,22);7H,4-6H2,1-3H3;1-2H3. The highest BCUT2D eigenvalue weighted by Crippen LogP contribution is 2.34. The number of nitrogens with zero attached hydrogens (tertiary/aromatic N) is 5. The highest BCUT2D eigenvalue weighted by molar-refractivity contribution is 5.91. The Morgan fingerprint density at radius 1 is 1.19 bits per heavy atom. The number of likely N-dealkylation sites (tertiary alicyclic amines) is 1. The second-order valence-electron chi connectivity index (χ2n) is 9.20. The molecule has 4 N–H and O–H groups in total. The van der Waals surface area contributed by atoms with Crippen LogP contribution in [-0.2, 0) is 0 Å². The van der Waals surface area contributed by atoms with E-state index in [2.05, 4.69) is 68.7 Å². The zero-order valence-electron chi connectivity index (χ0n) is 22.9. The summed E-state index contributed by atoms with van der Waals surface area (Å²) in [6.07, 6.45) is 5.98. The monoisotopic (exact) mass is 492 g/mol. The summed E-state index contributed by atoms with van der Waals surface area (Å²) in [7, 11) is 6.28. The SMILES string of the molecule is CC.CCN(C)CCNC.CN1CCC(c2nc(-c3cc4ccccc4[nH]3)c3c(N)nccn23)CC1. The van der Waals surface area contributed by atoms with Crippen LogP contribution in [0.4, 0.5) is 5.82 Å². The lowest BCUT2D eigenvalue weighted by Gasteiger charge is -2.28. The van der Waals surface area contributed by atoms with Crippen molar-refractivity contribution < 1.29 is 0 Å². The van der Waals surface area contributed by atoms with E-state index >= 15 is 0 Å². The van der Waals surface area contributed by atoms with Crippen molar-refractivity contribution in [1.29, 1.82) is 0 Å². The molecule has 196 valence electrons. The number of nitrogen functional groups attached to an aromatic ring is 1. The van der Waals surface area contributed by atoms with Gasteiger partial charge in [0, 0.05) is 42.3 Å². The highest BCUT2D eigenvalue weighted by Gasteiger charge is 2.25. The van der Waals surface area contributed by atoms with Gasteiger partial charge in [0.1, 0.15) is 22.9 Å². The predicted molar refractivity (Wildman–Crippen MR) is 153 cm³/mol. The fourth-order valence-electron chi connectivity index (χ4n) is 4.49. The van der Waals surface area contributed by atoms with E-state index in [1.54, 1.807) is 6.20 Å². The van der Waals surface area contributed by atoms with Crippen molar-refractivity contribution >= 4 is 22.2 Å². The van der Waals surface area contributed by atoms with Gasteiger partial charge in [-0.25, -0.2) is 9.97 Å². The van der Waals surface area contributed by atoms with Gasteiger partial charge >= 0.3 is 0 Å². The Balaban J connectivity index is 0.000000312. The van der Waals surface area contributed by atoms with Crippen molar-refractivity contribution in [1.82, 2.24) is 34.5 Å². The quantitative estimate of drug-likeness (QED) is 0.368. The number of hydrogen-bond donors (Lipinski definition) is 3. The third-order valence-electron chi connectivity index (χ3n) is 6.76. The number of nitrogens with one attached hydrogen (secondary N) is 2. The van der Waals surface area contributed by atoms with Crippen LogP contribution in [0.15, 0.2) is 42.7 Å². The number of H-pyrrole nitrogens is 1. The summed E-state index contributed by atoms with van der Waals surface area (Å²) in [5, 5.41) is 4.26. The molecule has 4 heterocycles. The van der Waals surface area contributed by atoms with Crippen LogP contribution in [0.1, 0.15) is 45.4 Å². The Kier molecular flexibility index (Phi) is 10.3. The Labute approximate surface area is 215 Å². The highest BCUT2D eigenvalue weighted by atomic mass is 15.1. The number of para-hydroxylation sites is 1. The van der Waals surface area contributed by atoms with Crippen LogP contribution in [0.5, 0.6) is 0 Å². The number of hydrogen-bond acceptors (Lipinski definition) is 6. The first kappa shape index (κ1) is 27.6. The topological polar surface area (TPSA) is 90.5 Å². The number of nitrogens with two attached hydrogens (primary N) is 1. The van der Waals surface area contributed by atoms with Crippen LogP contribution in [-0.4, -0.2) is 83.0 Å². The van der Waals surface area contributed by atoms with Crippen LogP contribution in [0, 0.1) is 0 Å². The number of benzene rings is 1. The Bertz CT molecular complexity index is 1170. The summed E-state index contributed by atoms with van der Waals surface area (Å²) in [6.45, 7) is 11.7. The lowest BCUT2D eigenvalue weighted by atomic mass is 9.96. The van der Waals surface area contributed by atoms with Crippen molar-refractivity contribution in [2.24, 2.45) is 0 Å². The van der Waals surface area contributed by atoms with E-state index in [0.29, 0.717) is 11.7 Å². The molecule has 8 heteroatoms. The number of aromatic amines is 1. The maximum atomic E-state index is 6.26. The number of imidazole rings is 1. The first-order valence-electron chi connectivity index (χ1n) is 13.2. The Morgan fingerprint density at radius 2 is 1.92 bits per heavy atom. The van der Waals surface area contributed by atoms with Gasteiger partial charge in [-0.05, 0) is 65.8 Å². The van der Waals surface area contributed by atoms with Crippen LogP contribution in [0.2, 0.25) is 0 Å². The molecule has 1 aromatic carbocycles. The molecule has 5 rings (SSSR count). The smallest absolute Gasteiger partial charge is 0.150 e. The fraction of sp³-hybridized carbons (Fsp3) is 0.500. The molecule has 36 heavy (non-hydrogen) atoms. The van der Waals surface area contributed by atoms with Gasteiger partial charge in [0.2, 0.25) is 0 Å². The van der Waals surface area contributed by atoms with Crippen molar-refractivity contribution in [2.45, 2.75) is 39.5 Å². The summed E-state index contributed by atoms with van der Waals surface area (Å²) >= 11 is 0. The second kappa shape index (κ2) is 13.4. The third kappa shape index (κ3) is 6.43. The van der Waals surface area contributed by atoms with Gasteiger partial charge in [-0.2, -0.15) is 0 Å². The summed E-state index contributed by atoms with van der Waals surface area (Å²) in [4.78, 5) is 17.5. The Hall–Kier alpha value is -2.94. The van der Waals surface area contributed by atoms with Gasteiger partial charge in [-0.3, -0.25) is 4.40 Å². The van der Waals surface area contributed by atoms with Gasteiger partial charge in [-0.15, -0.1) is 0 Å². The van der Waals surface area contributed by atoms with Gasteiger partial charge in [-0.1, -0.05) is 39.0 Å². The van der Waals surface area contributed by atoms with E-state index in [4.69, 9.17) is 10.7 Å². The molecule has 0 saturated carbocycles. The van der Waals surface area contributed by atoms with Crippen LogP contribution >= 0.6 is 0 Å². The van der Waals surface area contributed by atoms with E-state index in [1.807, 2.05) is 39.2 Å². The molecule has 0 amide bonds. The molecule has 0 unspecified atom stereocenters. The first-order valence-corrected chi connectivity index (χ1v) is 13.2. The minimum absolute atomic E-state index is 0.443. The zero-order chi connectivity index (χ0) is 26.1. The molecule has 1 aliphatic heterocycles. The largest absolute Gasteiger partial charge is 0.382 e. The number of rotatable bonds is 6. The summed E-state index contributed by atoms with van der Waals surface area (Å²) < 4.78 is 2.14. The molecule has 1 saturated heterocycles. The molecule has 4 aromatic rings. The van der Waals surface area contributed by atoms with E-state index in [-0.39, 0.29) is 0 Å². The maximum absolute atomic E-state index is 6.26. The second-order valence-corrected chi connectivity index (χ2v) is 9.20. The van der Waals surface area contributed by atoms with E-state index < -0.39 is 0 Å². The summed E-state index contributed by atoms with van der Waals surface area (Å²) in [5.74, 6) is 2.06. The molecule has 8 nitrogen and oxygen atoms in total. The molecule has 0 spiro atoms. The predicted octanol–water partition coefficient (Wildman–Crippen LogP) is 4.45. The molecular weight excluding hydrogens is 448 g/mol. The van der Waals surface area contributed by atoms with Gasteiger partial charge < -0.3 is 25.8 Å². The van der Waals surface area contributed by atoms with E-state index in [0.717, 1.165) is 73.8 Å². The summed E-state index contributed by atoms with van der Waals surface area (Å²) in [6, 6.07) is 10.4. The average Bonchev–Trinajstić information content (AvgIpc) is 3.52. The minimum atomic E-state index is 0.443. The van der Waals surface area contributed by atoms with Crippen LogP contribution in [0.25, 0.3) is 27.8 Å². The fourth-order valence-corrected chi connectivity index (χ4v) is 4.49. The van der Waals surface area contributed by atoms with Crippen LogP contribution in [0.3, 0.4) is 0 Å². The molecule has 1 aliphatic rings. The lowest BCUT2D eigenvalue weighted by molar-refractivity contribution is 0.251. The molecule has 0 bridgehead atoms. The number of piperidine rings is 1. The Morgan fingerprint density at radius 3 is 2.58 bits per heavy atom. The number of likely N-dealkylation sites (N-methyl/N-ethyl adjacent to an activating group) is 2. The number of anilines is 1.